The SMILES string of the molecule is CC1CCCCN1CCNC(=O)CN1N=C(c2ccc(Cl)cc2)CCC1=O. The van der Waals surface area contributed by atoms with Crippen LogP contribution in [0.3, 0.4) is 0 Å². The van der Waals surface area contributed by atoms with E-state index < -0.39 is 0 Å². The highest BCUT2D eigenvalue weighted by molar-refractivity contribution is 6.30. The van der Waals surface area contributed by atoms with Crippen LogP contribution in [0.5, 0.6) is 0 Å². The molecule has 1 atom stereocenters. The van der Waals surface area contributed by atoms with E-state index in [0.717, 1.165) is 24.4 Å². The van der Waals surface area contributed by atoms with E-state index in [2.05, 4.69) is 22.2 Å². The summed E-state index contributed by atoms with van der Waals surface area (Å²) in [6, 6.07) is 7.94. The summed E-state index contributed by atoms with van der Waals surface area (Å²) in [6.07, 6.45) is 4.67. The van der Waals surface area contributed by atoms with Gasteiger partial charge in [0.25, 0.3) is 0 Å². The minimum absolute atomic E-state index is 0.0362. The Kier molecular flexibility index (Phi) is 6.85. The second-order valence-corrected chi connectivity index (χ2v) is 7.67. The Morgan fingerprint density at radius 1 is 1.26 bits per heavy atom. The van der Waals surface area contributed by atoms with Crippen LogP contribution in [0.1, 0.15) is 44.6 Å². The Morgan fingerprint density at radius 3 is 2.78 bits per heavy atom. The standard InChI is InChI=1S/C20H27ClN4O2/c1-15-4-2-3-12-24(15)13-11-22-19(26)14-25-20(27)10-9-18(23-25)16-5-7-17(21)8-6-16/h5-8,15H,2-4,9-14H2,1H3,(H,22,26). The van der Waals surface area contributed by atoms with Gasteiger partial charge in [-0.1, -0.05) is 30.2 Å². The fourth-order valence-electron chi connectivity index (χ4n) is 3.59. The molecule has 1 saturated heterocycles. The average molecular weight is 391 g/mol. The molecule has 0 aliphatic carbocycles. The van der Waals surface area contributed by atoms with E-state index in [1.165, 1.54) is 24.3 Å². The summed E-state index contributed by atoms with van der Waals surface area (Å²) >= 11 is 5.92. The van der Waals surface area contributed by atoms with Gasteiger partial charge in [0.1, 0.15) is 6.54 Å². The van der Waals surface area contributed by atoms with E-state index in [1.54, 1.807) is 12.1 Å². The van der Waals surface area contributed by atoms with Crippen molar-refractivity contribution in [1.82, 2.24) is 15.2 Å². The van der Waals surface area contributed by atoms with E-state index in [4.69, 9.17) is 11.6 Å². The van der Waals surface area contributed by atoms with Gasteiger partial charge in [-0.2, -0.15) is 5.10 Å². The van der Waals surface area contributed by atoms with Gasteiger partial charge in [0.05, 0.1) is 5.71 Å². The first-order valence-corrected chi connectivity index (χ1v) is 10.1. The molecule has 1 N–H and O–H groups in total. The number of nitrogens with one attached hydrogen (secondary N) is 1. The summed E-state index contributed by atoms with van der Waals surface area (Å²) < 4.78 is 0. The quantitative estimate of drug-likeness (QED) is 0.812. The number of hydrogen-bond donors (Lipinski definition) is 1. The number of halogens is 1. The molecule has 1 fully saturated rings. The Bertz CT molecular complexity index is 704. The number of carbonyl (C=O) groups excluding carboxylic acids is 2. The molecule has 0 bridgehead atoms. The molecule has 1 aromatic rings. The zero-order chi connectivity index (χ0) is 19.2. The van der Waals surface area contributed by atoms with Crippen LogP contribution in [0, 0.1) is 0 Å². The number of nitrogens with zero attached hydrogens (tertiary/aromatic N) is 3. The third kappa shape index (κ3) is 5.53. The molecule has 0 radical (unpaired) electrons. The molecule has 2 amide bonds. The molecule has 2 aliphatic heterocycles. The largest absolute Gasteiger partial charge is 0.353 e. The molecular weight excluding hydrogens is 364 g/mol. The van der Waals surface area contributed by atoms with Crippen molar-refractivity contribution in [2.45, 2.75) is 45.1 Å². The van der Waals surface area contributed by atoms with E-state index in [-0.39, 0.29) is 18.4 Å². The van der Waals surface area contributed by atoms with Crippen LogP contribution in [0.4, 0.5) is 0 Å². The van der Waals surface area contributed by atoms with Gasteiger partial charge in [-0.05, 0) is 44.0 Å². The van der Waals surface area contributed by atoms with Gasteiger partial charge in [-0.15, -0.1) is 0 Å². The Morgan fingerprint density at radius 2 is 2.04 bits per heavy atom. The summed E-state index contributed by atoms with van der Waals surface area (Å²) in [4.78, 5) is 26.8. The highest BCUT2D eigenvalue weighted by Gasteiger charge is 2.23. The Hall–Kier alpha value is -1.92. The van der Waals surface area contributed by atoms with Crippen molar-refractivity contribution >= 4 is 29.1 Å². The van der Waals surface area contributed by atoms with Crippen molar-refractivity contribution in [2.24, 2.45) is 5.10 Å². The molecule has 1 unspecified atom stereocenters. The maximum Gasteiger partial charge on any atom is 0.243 e. The summed E-state index contributed by atoms with van der Waals surface area (Å²) in [5.41, 5.74) is 1.73. The molecule has 0 spiro atoms. The zero-order valence-corrected chi connectivity index (χ0v) is 16.5. The number of piperidine rings is 1. The fraction of sp³-hybridized carbons (Fsp3) is 0.550. The molecule has 0 aromatic heterocycles. The third-order valence-corrected chi connectivity index (χ3v) is 5.49. The number of carbonyl (C=O) groups is 2. The van der Waals surface area contributed by atoms with Crippen molar-refractivity contribution < 1.29 is 9.59 Å². The molecule has 0 saturated carbocycles. The van der Waals surface area contributed by atoms with Crippen LogP contribution in [-0.2, 0) is 9.59 Å². The number of hydrogen-bond acceptors (Lipinski definition) is 4. The molecule has 3 rings (SSSR count). The smallest absolute Gasteiger partial charge is 0.243 e. The zero-order valence-electron chi connectivity index (χ0n) is 15.8. The second kappa shape index (κ2) is 9.33. The van der Waals surface area contributed by atoms with Gasteiger partial charge in [0, 0.05) is 37.0 Å². The summed E-state index contributed by atoms with van der Waals surface area (Å²) in [7, 11) is 0. The summed E-state index contributed by atoms with van der Waals surface area (Å²) in [6.45, 7) is 4.74. The lowest BCUT2D eigenvalue weighted by atomic mass is 10.0. The molecule has 6 nitrogen and oxygen atoms in total. The van der Waals surface area contributed by atoms with Crippen LogP contribution >= 0.6 is 11.6 Å². The highest BCUT2D eigenvalue weighted by Crippen LogP contribution is 2.17. The molecule has 146 valence electrons. The second-order valence-electron chi connectivity index (χ2n) is 7.24. The number of benzene rings is 1. The topological polar surface area (TPSA) is 65.0 Å². The minimum Gasteiger partial charge on any atom is -0.353 e. The van der Waals surface area contributed by atoms with E-state index in [9.17, 15) is 9.59 Å². The Labute approximate surface area is 165 Å². The molecular formula is C20H27ClN4O2. The maximum atomic E-state index is 12.3. The first-order valence-electron chi connectivity index (χ1n) is 9.67. The predicted octanol–water partition coefficient (Wildman–Crippen LogP) is 2.66. The van der Waals surface area contributed by atoms with Gasteiger partial charge in [0.2, 0.25) is 11.8 Å². The van der Waals surface area contributed by atoms with Crippen LogP contribution in [0.25, 0.3) is 0 Å². The average Bonchev–Trinajstić information content (AvgIpc) is 2.66. The number of likely N-dealkylation sites (tertiary alicyclic amines) is 1. The normalized spacial score (nSPS) is 21.1. The molecule has 7 heteroatoms. The van der Waals surface area contributed by atoms with E-state index in [0.29, 0.717) is 30.5 Å². The monoisotopic (exact) mass is 390 g/mol. The van der Waals surface area contributed by atoms with Crippen LogP contribution < -0.4 is 5.32 Å². The highest BCUT2D eigenvalue weighted by atomic mass is 35.5. The maximum absolute atomic E-state index is 12.3. The molecule has 2 heterocycles. The number of rotatable bonds is 6. The summed E-state index contributed by atoms with van der Waals surface area (Å²) in [5.74, 6) is -0.290. The van der Waals surface area contributed by atoms with Crippen LogP contribution in [0.15, 0.2) is 29.4 Å². The lowest BCUT2D eigenvalue weighted by Gasteiger charge is -2.33. The summed E-state index contributed by atoms with van der Waals surface area (Å²) in [5, 5.41) is 9.26. The van der Waals surface area contributed by atoms with Crippen LogP contribution in [-0.4, -0.2) is 59.7 Å². The van der Waals surface area contributed by atoms with Gasteiger partial charge in [-0.3, -0.25) is 14.5 Å². The number of amides is 2. The number of hydrazone groups is 1. The van der Waals surface area contributed by atoms with E-state index in [1.807, 2.05) is 12.1 Å². The van der Waals surface area contributed by atoms with Gasteiger partial charge in [-0.25, -0.2) is 5.01 Å². The molecule has 1 aromatic carbocycles. The first kappa shape index (κ1) is 19.8. The van der Waals surface area contributed by atoms with Crippen molar-refractivity contribution in [3.8, 4) is 0 Å². The first-order chi connectivity index (χ1) is 13.0. The van der Waals surface area contributed by atoms with Crippen molar-refractivity contribution in [1.29, 1.82) is 0 Å². The van der Waals surface area contributed by atoms with Gasteiger partial charge >= 0.3 is 0 Å². The predicted molar refractivity (Wildman–Crippen MR) is 107 cm³/mol. The van der Waals surface area contributed by atoms with Gasteiger partial charge in [0.15, 0.2) is 0 Å². The lowest BCUT2D eigenvalue weighted by Crippen LogP contribution is -2.45. The lowest BCUT2D eigenvalue weighted by molar-refractivity contribution is -0.136. The Balaban J connectivity index is 1.51. The van der Waals surface area contributed by atoms with E-state index >= 15 is 0 Å². The fourth-order valence-corrected chi connectivity index (χ4v) is 3.72. The van der Waals surface area contributed by atoms with Crippen LogP contribution in [0.2, 0.25) is 5.02 Å². The molecule has 2 aliphatic rings. The van der Waals surface area contributed by atoms with Crippen molar-refractivity contribution in [3.63, 3.8) is 0 Å². The van der Waals surface area contributed by atoms with Crippen molar-refractivity contribution in [3.05, 3.63) is 34.9 Å². The molecule has 27 heavy (non-hydrogen) atoms. The third-order valence-electron chi connectivity index (χ3n) is 5.24. The van der Waals surface area contributed by atoms with Crippen molar-refractivity contribution in [2.75, 3.05) is 26.2 Å². The van der Waals surface area contributed by atoms with Gasteiger partial charge < -0.3 is 5.32 Å². The minimum atomic E-state index is -0.172.